The van der Waals surface area contributed by atoms with E-state index < -0.39 is 0 Å². The maximum Gasteiger partial charge on any atom is 0.162 e. The van der Waals surface area contributed by atoms with Gasteiger partial charge in [-0.2, -0.15) is 0 Å². The fourth-order valence-electron chi connectivity index (χ4n) is 3.08. The van der Waals surface area contributed by atoms with Crippen LogP contribution in [0.5, 0.6) is 11.5 Å². The Balaban J connectivity index is 1.69. The van der Waals surface area contributed by atoms with Crippen LogP contribution in [0.15, 0.2) is 30.6 Å². The molecule has 6 nitrogen and oxygen atoms in total. The molecule has 2 heterocycles. The lowest BCUT2D eigenvalue weighted by Crippen LogP contribution is -2.34. The van der Waals surface area contributed by atoms with E-state index in [9.17, 15) is 5.11 Å². The van der Waals surface area contributed by atoms with Gasteiger partial charge in [-0.1, -0.05) is 19.1 Å². The highest BCUT2D eigenvalue weighted by Gasteiger charge is 2.18. The Labute approximate surface area is 142 Å². The molecule has 6 heteroatoms. The average molecular weight is 328 g/mol. The molecule has 1 aromatic carbocycles. The zero-order valence-electron chi connectivity index (χ0n) is 14.2. The van der Waals surface area contributed by atoms with Crippen molar-refractivity contribution in [2.45, 2.75) is 26.3 Å². The first-order chi connectivity index (χ1) is 11.7. The number of aromatic hydroxyl groups is 1. The maximum atomic E-state index is 10.1. The van der Waals surface area contributed by atoms with Crippen LogP contribution in [-0.4, -0.2) is 35.3 Å². The highest BCUT2D eigenvalue weighted by molar-refractivity contribution is 5.51. The maximum absolute atomic E-state index is 10.1. The van der Waals surface area contributed by atoms with Crippen molar-refractivity contribution in [3.8, 4) is 11.5 Å². The second-order valence-corrected chi connectivity index (χ2v) is 6.28. The van der Waals surface area contributed by atoms with Crippen LogP contribution < -0.4 is 15.0 Å². The van der Waals surface area contributed by atoms with Crippen molar-refractivity contribution in [1.82, 2.24) is 9.97 Å². The minimum atomic E-state index is 0.159. The summed E-state index contributed by atoms with van der Waals surface area (Å²) in [5, 5.41) is 13.4. The number of anilines is 2. The van der Waals surface area contributed by atoms with Gasteiger partial charge in [-0.15, -0.1) is 0 Å². The minimum absolute atomic E-state index is 0.159. The summed E-state index contributed by atoms with van der Waals surface area (Å²) in [5.74, 6) is 3.03. The van der Waals surface area contributed by atoms with Crippen LogP contribution in [0.3, 0.4) is 0 Å². The SMILES string of the molecule is COc1cccc(CNc2cc(N3CCCC(C)C3)ncn2)c1O. The third kappa shape index (κ3) is 3.69. The first-order valence-corrected chi connectivity index (χ1v) is 8.33. The molecule has 0 saturated carbocycles. The quantitative estimate of drug-likeness (QED) is 0.879. The Morgan fingerprint density at radius 2 is 2.25 bits per heavy atom. The van der Waals surface area contributed by atoms with Gasteiger partial charge in [-0.25, -0.2) is 9.97 Å². The summed E-state index contributed by atoms with van der Waals surface area (Å²) in [4.78, 5) is 11.0. The van der Waals surface area contributed by atoms with Crippen LogP contribution in [0.2, 0.25) is 0 Å². The normalized spacial score (nSPS) is 17.6. The van der Waals surface area contributed by atoms with Crippen LogP contribution >= 0.6 is 0 Å². The van der Waals surface area contributed by atoms with Gasteiger partial charge in [0.1, 0.15) is 18.0 Å². The average Bonchev–Trinajstić information content (AvgIpc) is 2.61. The van der Waals surface area contributed by atoms with Crippen molar-refractivity contribution in [2.75, 3.05) is 30.4 Å². The molecular weight excluding hydrogens is 304 g/mol. The van der Waals surface area contributed by atoms with E-state index in [4.69, 9.17) is 4.74 Å². The number of para-hydroxylation sites is 1. The third-order valence-electron chi connectivity index (χ3n) is 4.40. The molecule has 128 valence electrons. The van der Waals surface area contributed by atoms with Gasteiger partial charge in [0, 0.05) is 31.3 Å². The molecular formula is C18H24N4O2. The first kappa shape index (κ1) is 16.4. The van der Waals surface area contributed by atoms with Crippen molar-refractivity contribution in [3.63, 3.8) is 0 Å². The summed E-state index contributed by atoms with van der Waals surface area (Å²) in [7, 11) is 1.54. The lowest BCUT2D eigenvalue weighted by molar-refractivity contribution is 0.371. The van der Waals surface area contributed by atoms with Gasteiger partial charge in [0.15, 0.2) is 11.5 Å². The van der Waals surface area contributed by atoms with E-state index in [2.05, 4.69) is 27.1 Å². The second-order valence-electron chi connectivity index (χ2n) is 6.28. The fourth-order valence-corrected chi connectivity index (χ4v) is 3.08. The zero-order chi connectivity index (χ0) is 16.9. The second kappa shape index (κ2) is 7.38. The first-order valence-electron chi connectivity index (χ1n) is 8.33. The Bertz CT molecular complexity index is 692. The number of phenolic OH excluding ortho intramolecular Hbond substituents is 1. The van der Waals surface area contributed by atoms with Crippen molar-refractivity contribution in [2.24, 2.45) is 5.92 Å². The van der Waals surface area contributed by atoms with E-state index in [1.165, 1.54) is 12.8 Å². The predicted octanol–water partition coefficient (Wildman–Crippen LogP) is 3.04. The molecule has 1 aliphatic rings. The molecule has 1 aliphatic heterocycles. The van der Waals surface area contributed by atoms with Crippen molar-refractivity contribution < 1.29 is 9.84 Å². The number of nitrogens with zero attached hydrogens (tertiary/aromatic N) is 3. The smallest absolute Gasteiger partial charge is 0.162 e. The summed E-state index contributed by atoms with van der Waals surface area (Å²) >= 11 is 0. The number of methoxy groups -OCH3 is 1. The number of aromatic nitrogens is 2. The number of rotatable bonds is 5. The molecule has 1 fully saturated rings. The molecule has 0 spiro atoms. The number of benzene rings is 1. The number of hydrogen-bond acceptors (Lipinski definition) is 6. The van der Waals surface area contributed by atoms with Crippen LogP contribution in [0, 0.1) is 5.92 Å². The van der Waals surface area contributed by atoms with Gasteiger partial charge in [0.25, 0.3) is 0 Å². The third-order valence-corrected chi connectivity index (χ3v) is 4.40. The van der Waals surface area contributed by atoms with Gasteiger partial charge in [-0.3, -0.25) is 0 Å². The highest BCUT2D eigenvalue weighted by Crippen LogP contribution is 2.30. The monoisotopic (exact) mass is 328 g/mol. The molecule has 1 unspecified atom stereocenters. The number of piperidine rings is 1. The molecule has 24 heavy (non-hydrogen) atoms. The topological polar surface area (TPSA) is 70.5 Å². The Morgan fingerprint density at radius 3 is 3.04 bits per heavy atom. The van der Waals surface area contributed by atoms with E-state index in [0.717, 1.165) is 30.3 Å². The fraction of sp³-hybridized carbons (Fsp3) is 0.444. The number of ether oxygens (including phenoxy) is 1. The molecule has 2 N–H and O–H groups in total. The summed E-state index contributed by atoms with van der Waals surface area (Å²) in [6, 6.07) is 7.42. The van der Waals surface area contributed by atoms with E-state index in [0.29, 0.717) is 18.2 Å². The summed E-state index contributed by atoms with van der Waals surface area (Å²) in [6.07, 6.45) is 4.07. The van der Waals surface area contributed by atoms with Crippen molar-refractivity contribution in [3.05, 3.63) is 36.2 Å². The Hall–Kier alpha value is -2.50. The van der Waals surface area contributed by atoms with Crippen LogP contribution in [0.25, 0.3) is 0 Å². The molecule has 1 aromatic heterocycles. The lowest BCUT2D eigenvalue weighted by Gasteiger charge is -2.31. The number of phenols is 1. The van der Waals surface area contributed by atoms with E-state index >= 15 is 0 Å². The number of hydrogen-bond donors (Lipinski definition) is 2. The van der Waals surface area contributed by atoms with Gasteiger partial charge >= 0.3 is 0 Å². The van der Waals surface area contributed by atoms with Gasteiger partial charge in [-0.05, 0) is 24.8 Å². The van der Waals surface area contributed by atoms with Crippen LogP contribution in [0.4, 0.5) is 11.6 Å². The summed E-state index contributed by atoms with van der Waals surface area (Å²) in [6.45, 7) is 4.82. The van der Waals surface area contributed by atoms with Gasteiger partial charge < -0.3 is 20.1 Å². The van der Waals surface area contributed by atoms with Gasteiger partial charge in [0.05, 0.1) is 7.11 Å². The highest BCUT2D eigenvalue weighted by atomic mass is 16.5. The zero-order valence-corrected chi connectivity index (χ0v) is 14.2. The summed E-state index contributed by atoms with van der Waals surface area (Å²) in [5.41, 5.74) is 0.765. The minimum Gasteiger partial charge on any atom is -0.504 e. The summed E-state index contributed by atoms with van der Waals surface area (Å²) < 4.78 is 5.14. The largest absolute Gasteiger partial charge is 0.504 e. The molecule has 2 aromatic rings. The van der Waals surface area contributed by atoms with Gasteiger partial charge in [0.2, 0.25) is 0 Å². The Morgan fingerprint density at radius 1 is 1.38 bits per heavy atom. The predicted molar refractivity (Wildman–Crippen MR) is 94.6 cm³/mol. The van der Waals surface area contributed by atoms with Crippen molar-refractivity contribution >= 4 is 11.6 Å². The van der Waals surface area contributed by atoms with Crippen molar-refractivity contribution in [1.29, 1.82) is 0 Å². The standard InChI is InChI=1S/C18H24N4O2/c1-13-5-4-8-22(11-13)17-9-16(20-12-21-17)19-10-14-6-3-7-15(24-2)18(14)23/h3,6-7,9,12-13,23H,4-5,8,10-11H2,1-2H3,(H,19,20,21). The molecule has 1 saturated heterocycles. The molecule has 3 rings (SSSR count). The molecule has 0 aliphatic carbocycles. The lowest BCUT2D eigenvalue weighted by atomic mass is 10.0. The van der Waals surface area contributed by atoms with Crippen LogP contribution in [-0.2, 0) is 6.54 Å². The van der Waals surface area contributed by atoms with E-state index in [-0.39, 0.29) is 5.75 Å². The van der Waals surface area contributed by atoms with E-state index in [1.807, 2.05) is 18.2 Å². The van der Waals surface area contributed by atoms with Crippen LogP contribution in [0.1, 0.15) is 25.3 Å². The number of nitrogens with one attached hydrogen (secondary N) is 1. The van der Waals surface area contributed by atoms with E-state index in [1.54, 1.807) is 19.5 Å². The molecule has 0 amide bonds. The molecule has 0 radical (unpaired) electrons. The molecule has 0 bridgehead atoms. The Kier molecular flexibility index (Phi) is 5.03. The molecule has 1 atom stereocenters.